The van der Waals surface area contributed by atoms with Gasteiger partial charge in [-0.15, -0.1) is 0 Å². The molecule has 3 amide bonds. The lowest BCUT2D eigenvalue weighted by Gasteiger charge is -2.38. The van der Waals surface area contributed by atoms with Gasteiger partial charge < -0.3 is 113 Å². The van der Waals surface area contributed by atoms with E-state index < -0.39 is 97.0 Å². The molecule has 34 heteroatoms. The van der Waals surface area contributed by atoms with Gasteiger partial charge in [-0.1, -0.05) is 12.1 Å². The van der Waals surface area contributed by atoms with E-state index in [1.807, 2.05) is 0 Å². The number of esters is 2. The molecule has 0 radical (unpaired) electrons. The lowest BCUT2D eigenvalue weighted by molar-refractivity contribution is -0.271. The highest BCUT2D eigenvalue weighted by Crippen LogP contribution is 2.30. The number of ketones is 2. The van der Waals surface area contributed by atoms with Crippen LogP contribution in [0.25, 0.3) is 0 Å². The van der Waals surface area contributed by atoms with E-state index in [-0.39, 0.29) is 172 Å². The number of aliphatic carboxylic acids is 1. The van der Waals surface area contributed by atoms with Gasteiger partial charge in [0.05, 0.1) is 83.2 Å². The summed E-state index contributed by atoms with van der Waals surface area (Å²) in [6.45, 7) is 2.89. The van der Waals surface area contributed by atoms with Gasteiger partial charge in [0.2, 0.25) is 24.4 Å². The van der Waals surface area contributed by atoms with Gasteiger partial charge in [-0.25, -0.2) is 10.7 Å². The van der Waals surface area contributed by atoms with Crippen LogP contribution in [0.3, 0.4) is 0 Å². The number of aliphatic hydroxyl groups excluding tert-OH is 6. The zero-order chi connectivity index (χ0) is 67.8. The minimum Gasteiger partial charge on any atom is -0.479 e. The summed E-state index contributed by atoms with van der Waals surface area (Å²) in [4.78, 5) is 121. The number of hydrogen-bond donors (Lipinski definition) is 11. The second-order valence-corrected chi connectivity index (χ2v) is 20.3. The van der Waals surface area contributed by atoms with Crippen LogP contribution in [0.1, 0.15) is 90.6 Å². The number of amides is 3. The van der Waals surface area contributed by atoms with Gasteiger partial charge in [-0.05, 0) is 67.5 Å². The van der Waals surface area contributed by atoms with Crippen molar-refractivity contribution in [2.75, 3.05) is 106 Å². The third kappa shape index (κ3) is 30.6. The predicted octanol–water partition coefficient (Wildman–Crippen LogP) is -3.18. The number of hydrogen-bond acceptors (Lipinski definition) is 30. The largest absolute Gasteiger partial charge is 0.479 e. The second-order valence-electron chi connectivity index (χ2n) is 20.3. The van der Waals surface area contributed by atoms with E-state index in [2.05, 4.69) is 20.8 Å². The summed E-state index contributed by atoms with van der Waals surface area (Å²) in [5.41, 5.74) is 0.800. The molecule has 2 aliphatic heterocycles. The Kier molecular flexibility index (Phi) is 39.0. The van der Waals surface area contributed by atoms with Crippen molar-refractivity contribution in [3.63, 3.8) is 0 Å². The molecule has 0 aromatic heterocycles. The number of nitrogens with one attached hydrogen (secondary N) is 3. The number of rotatable bonds is 45. The van der Waals surface area contributed by atoms with Crippen molar-refractivity contribution in [1.29, 1.82) is 0 Å². The summed E-state index contributed by atoms with van der Waals surface area (Å²) < 4.78 is 64.8. The zero-order valence-corrected chi connectivity index (χ0v) is 51.0. The molecule has 2 aromatic rings. The molecule has 2 aliphatic rings. The number of carbonyl (C=O) groups is 8. The average Bonchev–Trinajstić information content (AvgIpc) is 0.828. The average molecular weight is 1320 g/mol. The minimum absolute atomic E-state index is 0.00337. The number of carbonyl (C=O) groups excluding carboxylic acids is 9. The molecule has 12 N–H and O–H groups in total. The summed E-state index contributed by atoms with van der Waals surface area (Å²) in [5.74, 6) is -0.254. The van der Waals surface area contributed by atoms with E-state index in [1.54, 1.807) is 6.07 Å². The van der Waals surface area contributed by atoms with Crippen LogP contribution < -0.4 is 31.3 Å². The molecule has 10 atom stereocenters. The molecule has 0 aliphatic carbocycles. The number of Topliss-reactive ketones (excluding diaryl/α,β-unsaturated/α-hetero) is 2. The van der Waals surface area contributed by atoms with Gasteiger partial charge in [0.1, 0.15) is 74.6 Å². The molecular formula is C58H84N4O30. The monoisotopic (exact) mass is 1320 g/mol. The van der Waals surface area contributed by atoms with Crippen molar-refractivity contribution < 1.29 is 145 Å². The van der Waals surface area contributed by atoms with Gasteiger partial charge in [-0.3, -0.25) is 33.6 Å². The third-order valence-electron chi connectivity index (χ3n) is 13.1. The fourth-order valence-corrected chi connectivity index (χ4v) is 8.41. The summed E-state index contributed by atoms with van der Waals surface area (Å²) in [6, 6.07) is 7.65. The van der Waals surface area contributed by atoms with Crippen LogP contribution in [0, 0.1) is 0 Å². The lowest BCUT2D eigenvalue weighted by atomic mass is 9.99. The molecule has 0 spiro atoms. The first-order valence-electron chi connectivity index (χ1n) is 29.2. The molecule has 2 saturated heterocycles. The van der Waals surface area contributed by atoms with E-state index in [0.717, 1.165) is 0 Å². The first kappa shape index (κ1) is 79.2. The van der Waals surface area contributed by atoms with Gasteiger partial charge in [-0.2, -0.15) is 9.59 Å². The molecule has 34 nitrogen and oxygen atoms in total. The standard InChI is InChI=1S/C57H84N4O28.CO2/c1-34(62)83-29-36-10-12-44(87-56-51(72)48(69)43(66)31-85-56)38(27-36)41(64)8-5-16-78-21-23-82-33-47(68)61-40(42(65)9-6-17-77-19-20-80-25-26-86-58)7-3-4-14-59-46(67)32-81-24-22-79-18-15-60-54(74)39-28-37(30-84-35(2)63)11-13-45(39)88-57-52(73)49(70)50(71)53(89-57)55(75)76;2-1-3/h10-13,27-28,40,43,48-53,56-57,66,69-73H,3-9,14-26,29-33,58H2,1-2H3,(H,59,67)(H,60,74)(H,61,68)(H,75,76);/t40-,43-,48+,49+,50+,51-,52-,53+,56+,57-;/m1./s1. The van der Waals surface area contributed by atoms with Crippen LogP contribution in [0.15, 0.2) is 36.4 Å². The number of ether oxygens (including phenoxy) is 12. The van der Waals surface area contributed by atoms with Crippen molar-refractivity contribution in [3.8, 4) is 11.5 Å². The van der Waals surface area contributed by atoms with E-state index in [9.17, 15) is 74.1 Å². The van der Waals surface area contributed by atoms with E-state index in [4.69, 9.17) is 72.3 Å². The summed E-state index contributed by atoms with van der Waals surface area (Å²) >= 11 is 0. The van der Waals surface area contributed by atoms with Crippen LogP contribution in [0.2, 0.25) is 0 Å². The Hall–Kier alpha value is -7.06. The Labute approximate surface area is 528 Å². The second kappa shape index (κ2) is 45.3. The molecular weight excluding hydrogens is 1230 g/mol. The summed E-state index contributed by atoms with van der Waals surface area (Å²) in [5, 5.41) is 78.5. The van der Waals surface area contributed by atoms with Gasteiger partial charge in [0, 0.05) is 53.0 Å². The number of benzene rings is 2. The molecule has 516 valence electrons. The van der Waals surface area contributed by atoms with Crippen molar-refractivity contribution in [3.05, 3.63) is 58.7 Å². The fraction of sp³-hybridized carbons (Fsp3) is 0.638. The molecule has 0 saturated carbocycles. The molecule has 2 fully saturated rings. The van der Waals surface area contributed by atoms with Crippen molar-refractivity contribution in [2.45, 2.75) is 133 Å². The van der Waals surface area contributed by atoms with E-state index in [0.29, 0.717) is 43.6 Å². The normalized spacial score (nSPS) is 20.4. The Bertz CT molecular complexity index is 2630. The maximum absolute atomic E-state index is 13.4. The highest BCUT2D eigenvalue weighted by molar-refractivity contribution is 5.99. The zero-order valence-electron chi connectivity index (χ0n) is 51.0. The molecule has 4 rings (SSSR count). The van der Waals surface area contributed by atoms with Crippen molar-refractivity contribution in [2.24, 2.45) is 5.90 Å². The Morgan fingerprint density at radius 1 is 0.587 bits per heavy atom. The number of unbranched alkanes of at least 4 members (excludes halogenated alkanes) is 1. The van der Waals surface area contributed by atoms with Gasteiger partial charge >= 0.3 is 24.1 Å². The van der Waals surface area contributed by atoms with Crippen molar-refractivity contribution in [1.82, 2.24) is 16.0 Å². The third-order valence-corrected chi connectivity index (χ3v) is 13.1. The summed E-state index contributed by atoms with van der Waals surface area (Å²) in [6.07, 6.45) is -13.4. The Morgan fingerprint density at radius 2 is 1.11 bits per heavy atom. The molecule has 2 aromatic carbocycles. The van der Waals surface area contributed by atoms with Crippen LogP contribution in [-0.2, 0) is 104 Å². The van der Waals surface area contributed by atoms with E-state index in [1.165, 1.54) is 44.2 Å². The van der Waals surface area contributed by atoms with Crippen LogP contribution in [0.5, 0.6) is 11.5 Å². The number of carboxylic acids is 1. The Morgan fingerprint density at radius 3 is 1.71 bits per heavy atom. The van der Waals surface area contributed by atoms with Crippen molar-refractivity contribution >= 4 is 53.3 Å². The quantitative estimate of drug-likeness (QED) is 0.0135. The smallest absolute Gasteiger partial charge is 0.373 e. The topological polar surface area (TPSA) is 494 Å². The highest BCUT2D eigenvalue weighted by atomic mass is 16.7. The Balaban J connectivity index is 0.00000721. The fourth-order valence-electron chi connectivity index (χ4n) is 8.41. The van der Waals surface area contributed by atoms with E-state index >= 15 is 0 Å². The maximum Gasteiger partial charge on any atom is 0.373 e. The molecule has 92 heavy (non-hydrogen) atoms. The highest BCUT2D eigenvalue weighted by Gasteiger charge is 2.48. The lowest BCUT2D eigenvalue weighted by Crippen LogP contribution is -2.61. The summed E-state index contributed by atoms with van der Waals surface area (Å²) in [7, 11) is 0. The SMILES string of the molecule is CC(=O)OCc1ccc(O[C@@H]2OC[C@@H](O)[C@H](O)[C@H]2O)c(C(=O)CCCOCCOCC(=O)N[C@H](CCCCNC(=O)COCCOCCNC(=O)c2cc(COC(C)=O)ccc2O[C@@H]2O[C@H](C(=O)O)[C@@H](O)[C@H](O)[C@H]2O)C(=O)CCCOCCOCCON)c1.O=C=O. The van der Waals surface area contributed by atoms with Gasteiger partial charge in [0.25, 0.3) is 5.91 Å². The maximum atomic E-state index is 13.4. The number of aliphatic hydroxyl groups is 6. The number of nitrogens with two attached hydrogens (primary N) is 1. The number of carboxylic acid groups (broad SMARTS) is 1. The molecule has 0 bridgehead atoms. The van der Waals surface area contributed by atoms with Crippen LogP contribution in [-0.4, -0.2) is 256 Å². The predicted molar refractivity (Wildman–Crippen MR) is 306 cm³/mol. The first-order chi connectivity index (χ1) is 44.1. The van der Waals surface area contributed by atoms with Crippen LogP contribution in [0.4, 0.5) is 0 Å². The van der Waals surface area contributed by atoms with Crippen LogP contribution >= 0.6 is 0 Å². The molecule has 0 unspecified atom stereocenters. The minimum atomic E-state index is -1.97. The molecule has 2 heterocycles. The first-order valence-corrected chi connectivity index (χ1v) is 29.2. The van der Waals surface area contributed by atoms with Gasteiger partial charge in [0.15, 0.2) is 17.7 Å².